The van der Waals surface area contributed by atoms with Crippen molar-refractivity contribution in [2.75, 3.05) is 25.1 Å². The zero-order valence-electron chi connectivity index (χ0n) is 23.6. The lowest BCUT2D eigenvalue weighted by Gasteiger charge is -2.25. The van der Waals surface area contributed by atoms with E-state index in [9.17, 15) is 23.3 Å². The van der Waals surface area contributed by atoms with Gasteiger partial charge >= 0.3 is 0 Å². The molecule has 4 rings (SSSR count). The van der Waals surface area contributed by atoms with Gasteiger partial charge in [-0.25, -0.2) is 13.8 Å². The average Bonchev–Trinajstić information content (AvgIpc) is 3.27. The fraction of sp³-hybridized carbons (Fsp3) is 0.172. The molecule has 0 aliphatic rings. The normalized spacial score (nSPS) is 11.4. The molecule has 0 fully saturated rings. The van der Waals surface area contributed by atoms with Crippen LogP contribution >= 0.6 is 11.6 Å². The molecule has 0 aliphatic heterocycles. The van der Waals surface area contributed by atoms with E-state index in [4.69, 9.17) is 21.1 Å². The van der Waals surface area contributed by atoms with Gasteiger partial charge in [0, 0.05) is 39.8 Å². The number of hydrazone groups is 1. The molecule has 0 spiro atoms. The summed E-state index contributed by atoms with van der Waals surface area (Å²) in [4.78, 5) is 23.4. The molecule has 224 valence electrons. The summed E-state index contributed by atoms with van der Waals surface area (Å²) in [7, 11) is -1.91. The number of amides is 1. The fourth-order valence-electron chi connectivity index (χ4n) is 4.51. The first-order valence-electron chi connectivity index (χ1n) is 12.7. The first kappa shape index (κ1) is 31.1. The number of rotatable bonds is 11. The van der Waals surface area contributed by atoms with Crippen LogP contribution in [0.15, 0.2) is 82.8 Å². The van der Waals surface area contributed by atoms with Crippen molar-refractivity contribution in [2.45, 2.75) is 18.7 Å². The summed E-state index contributed by atoms with van der Waals surface area (Å²) in [6.07, 6.45) is 1.44. The van der Waals surface area contributed by atoms with Crippen molar-refractivity contribution >= 4 is 45.1 Å². The summed E-state index contributed by atoms with van der Waals surface area (Å²) in [5, 5.41) is 16.3. The van der Waals surface area contributed by atoms with Crippen molar-refractivity contribution in [2.24, 2.45) is 5.10 Å². The Labute approximate surface area is 253 Å². The van der Waals surface area contributed by atoms with Crippen LogP contribution in [-0.2, 0) is 14.8 Å². The molecule has 1 heterocycles. The van der Waals surface area contributed by atoms with E-state index in [1.165, 1.54) is 50.8 Å². The Morgan fingerprint density at radius 1 is 1.07 bits per heavy atom. The Bertz CT molecular complexity index is 1820. The molecule has 4 aromatic rings. The van der Waals surface area contributed by atoms with Crippen molar-refractivity contribution < 1.29 is 27.6 Å². The molecule has 12 nitrogen and oxygen atoms in total. The zero-order chi connectivity index (χ0) is 31.3. The van der Waals surface area contributed by atoms with Crippen molar-refractivity contribution in [3.63, 3.8) is 0 Å². The van der Waals surface area contributed by atoms with Gasteiger partial charge in [0.15, 0.2) is 4.90 Å². The number of aryl methyl sites for hydroxylation is 1. The molecule has 0 radical (unpaired) electrons. The van der Waals surface area contributed by atoms with E-state index < -0.39 is 38.0 Å². The highest BCUT2D eigenvalue weighted by molar-refractivity contribution is 7.93. The van der Waals surface area contributed by atoms with Gasteiger partial charge < -0.3 is 14.0 Å². The molecule has 43 heavy (non-hydrogen) atoms. The van der Waals surface area contributed by atoms with Crippen LogP contribution in [-0.4, -0.2) is 50.8 Å². The second-order valence-electron chi connectivity index (χ2n) is 9.21. The number of ether oxygens (including phenoxy) is 2. The molecule has 0 bridgehead atoms. The lowest BCUT2D eigenvalue weighted by atomic mass is 10.2. The quantitative estimate of drug-likeness (QED) is 0.140. The minimum Gasteiger partial charge on any atom is -0.497 e. The largest absolute Gasteiger partial charge is 0.497 e. The van der Waals surface area contributed by atoms with Gasteiger partial charge in [-0.3, -0.25) is 19.2 Å². The highest BCUT2D eigenvalue weighted by Crippen LogP contribution is 2.37. The van der Waals surface area contributed by atoms with Gasteiger partial charge in [0.25, 0.3) is 21.6 Å². The van der Waals surface area contributed by atoms with E-state index >= 15 is 0 Å². The number of nitro benzene ring substituents is 1. The number of nitrogens with one attached hydrogen (secondary N) is 1. The second kappa shape index (κ2) is 13.0. The van der Waals surface area contributed by atoms with Gasteiger partial charge in [0.05, 0.1) is 31.0 Å². The van der Waals surface area contributed by atoms with Gasteiger partial charge in [-0.2, -0.15) is 5.10 Å². The summed E-state index contributed by atoms with van der Waals surface area (Å²) >= 11 is 6.16. The maximum Gasteiger partial charge on any atom is 0.289 e. The van der Waals surface area contributed by atoms with Crippen molar-refractivity contribution in [3.05, 3.63) is 105 Å². The molecule has 0 atom stereocenters. The van der Waals surface area contributed by atoms with Crippen LogP contribution in [0.5, 0.6) is 11.5 Å². The Morgan fingerprint density at radius 3 is 2.49 bits per heavy atom. The van der Waals surface area contributed by atoms with Crippen LogP contribution in [0.25, 0.3) is 5.69 Å². The maximum atomic E-state index is 13.9. The van der Waals surface area contributed by atoms with Gasteiger partial charge in [-0.15, -0.1) is 0 Å². The molecule has 0 saturated heterocycles. The number of hydrogen-bond donors (Lipinski definition) is 1. The second-order valence-corrected chi connectivity index (χ2v) is 11.5. The number of sulfonamides is 1. The Balaban J connectivity index is 1.66. The van der Waals surface area contributed by atoms with Gasteiger partial charge in [-0.1, -0.05) is 29.8 Å². The number of para-hydroxylation sites is 1. The number of halogens is 1. The van der Waals surface area contributed by atoms with E-state index in [1.54, 1.807) is 6.07 Å². The van der Waals surface area contributed by atoms with Gasteiger partial charge in [0.2, 0.25) is 0 Å². The summed E-state index contributed by atoms with van der Waals surface area (Å²) < 4.78 is 41.0. The molecule has 0 aliphatic carbocycles. The van der Waals surface area contributed by atoms with Crippen molar-refractivity contribution in [1.82, 2.24) is 9.99 Å². The number of aromatic nitrogens is 1. The lowest BCUT2D eigenvalue weighted by Crippen LogP contribution is -2.40. The van der Waals surface area contributed by atoms with Gasteiger partial charge in [0.1, 0.15) is 18.0 Å². The van der Waals surface area contributed by atoms with E-state index in [1.807, 2.05) is 42.7 Å². The maximum absolute atomic E-state index is 13.9. The number of methoxy groups -OCH3 is 2. The highest BCUT2D eigenvalue weighted by atomic mass is 35.5. The molecule has 1 N–H and O–H groups in total. The molecule has 1 aromatic heterocycles. The molecule has 1 amide bonds. The highest BCUT2D eigenvalue weighted by Gasteiger charge is 2.34. The fourth-order valence-corrected chi connectivity index (χ4v) is 6.28. The first-order valence-corrected chi connectivity index (χ1v) is 14.5. The summed E-state index contributed by atoms with van der Waals surface area (Å²) in [6.45, 7) is 3.03. The number of carbonyl (C=O) groups excluding carboxylic acids is 1. The summed E-state index contributed by atoms with van der Waals surface area (Å²) in [6, 6.07) is 18.4. The minimum absolute atomic E-state index is 0.0364. The topological polar surface area (TPSA) is 145 Å². The zero-order valence-corrected chi connectivity index (χ0v) is 25.2. The van der Waals surface area contributed by atoms with E-state index in [2.05, 4.69) is 10.5 Å². The number of hydrogen-bond acceptors (Lipinski definition) is 8. The summed E-state index contributed by atoms with van der Waals surface area (Å²) in [5.41, 5.74) is 4.97. The third kappa shape index (κ3) is 6.63. The van der Waals surface area contributed by atoms with Crippen molar-refractivity contribution in [3.8, 4) is 17.2 Å². The third-order valence-electron chi connectivity index (χ3n) is 6.50. The van der Waals surface area contributed by atoms with E-state index in [0.29, 0.717) is 16.3 Å². The van der Waals surface area contributed by atoms with Crippen LogP contribution in [0.2, 0.25) is 5.02 Å². The van der Waals surface area contributed by atoms with Crippen molar-refractivity contribution in [1.29, 1.82) is 0 Å². The first-order chi connectivity index (χ1) is 20.5. The SMILES string of the molecule is COc1ccc(N(CC(=O)N/N=C\c2cc(C)n(-c3cccc(Cl)c3)c2C)S(=O)(=O)c2ccccc2[N+](=O)[O-])c(OC)c1. The van der Waals surface area contributed by atoms with E-state index in [0.717, 1.165) is 33.5 Å². The molecule has 0 saturated carbocycles. The summed E-state index contributed by atoms with van der Waals surface area (Å²) in [5.74, 6) is -0.376. The van der Waals surface area contributed by atoms with Crippen LogP contribution in [0.1, 0.15) is 17.0 Å². The third-order valence-corrected chi connectivity index (χ3v) is 8.54. The Morgan fingerprint density at radius 2 is 1.81 bits per heavy atom. The Kier molecular flexibility index (Phi) is 9.37. The lowest BCUT2D eigenvalue weighted by molar-refractivity contribution is -0.387. The molecule has 14 heteroatoms. The molecule has 0 unspecified atom stereocenters. The van der Waals surface area contributed by atoms with Crippen LogP contribution in [0.4, 0.5) is 11.4 Å². The number of nitro groups is 1. The monoisotopic (exact) mass is 625 g/mol. The number of carbonyl (C=O) groups is 1. The number of benzene rings is 3. The smallest absolute Gasteiger partial charge is 0.289 e. The van der Waals surface area contributed by atoms with Crippen LogP contribution in [0.3, 0.4) is 0 Å². The molecular weight excluding hydrogens is 598 g/mol. The number of anilines is 1. The van der Waals surface area contributed by atoms with Crippen LogP contribution < -0.4 is 19.2 Å². The predicted octanol–water partition coefficient (Wildman–Crippen LogP) is 5.02. The van der Waals surface area contributed by atoms with E-state index in [-0.39, 0.29) is 11.4 Å². The Hall–Kier alpha value is -4.88. The predicted molar refractivity (Wildman–Crippen MR) is 163 cm³/mol. The standard InChI is InChI=1S/C29H28ClN5O7S/c1-19-14-21(20(2)34(19)23-9-7-8-22(30)15-23)17-31-32-29(36)18-33(25-13-12-24(41-3)16-27(25)42-4)43(39,40)28-11-6-5-10-26(28)35(37)38/h5-17H,18H2,1-4H3,(H,32,36)/b31-17-. The molecule has 3 aromatic carbocycles. The minimum atomic E-state index is -4.65. The van der Waals surface area contributed by atoms with Gasteiger partial charge in [-0.05, 0) is 56.3 Å². The number of nitrogens with zero attached hydrogens (tertiary/aromatic N) is 4. The molecular formula is C29H28ClN5O7S. The van der Waals surface area contributed by atoms with Crippen LogP contribution in [0, 0.1) is 24.0 Å². The average molecular weight is 626 g/mol.